The lowest BCUT2D eigenvalue weighted by Crippen LogP contribution is -1.85. The topological polar surface area (TPSA) is 12.9 Å². The highest BCUT2D eigenvalue weighted by molar-refractivity contribution is 6.31. The average Bonchev–Trinajstić information content (AvgIpc) is 2.22. The SMILES string of the molecule is Cc1ncc(-c2cccc(F)c2)cc1Cl. The van der Waals surface area contributed by atoms with Crippen LogP contribution in [0.4, 0.5) is 4.39 Å². The summed E-state index contributed by atoms with van der Waals surface area (Å²) >= 11 is 5.95. The number of pyridine rings is 1. The Kier molecular flexibility index (Phi) is 2.69. The first kappa shape index (κ1) is 10.1. The number of hydrogen-bond donors (Lipinski definition) is 0. The van der Waals surface area contributed by atoms with Gasteiger partial charge in [0.1, 0.15) is 5.82 Å². The highest BCUT2D eigenvalue weighted by Crippen LogP contribution is 2.23. The molecule has 0 bridgehead atoms. The lowest BCUT2D eigenvalue weighted by molar-refractivity contribution is 0.628. The molecule has 0 radical (unpaired) electrons. The van der Waals surface area contributed by atoms with Crippen molar-refractivity contribution < 1.29 is 4.39 Å². The zero-order valence-electron chi connectivity index (χ0n) is 8.17. The van der Waals surface area contributed by atoms with E-state index in [1.165, 1.54) is 12.1 Å². The Morgan fingerprint density at radius 1 is 1.20 bits per heavy atom. The molecule has 0 saturated carbocycles. The molecule has 0 unspecified atom stereocenters. The maximum atomic E-state index is 13.0. The maximum Gasteiger partial charge on any atom is 0.123 e. The van der Waals surface area contributed by atoms with E-state index in [4.69, 9.17) is 11.6 Å². The van der Waals surface area contributed by atoms with Crippen molar-refractivity contribution in [2.45, 2.75) is 6.92 Å². The van der Waals surface area contributed by atoms with Gasteiger partial charge in [0.2, 0.25) is 0 Å². The summed E-state index contributed by atoms with van der Waals surface area (Å²) in [7, 11) is 0. The van der Waals surface area contributed by atoms with Gasteiger partial charge >= 0.3 is 0 Å². The van der Waals surface area contributed by atoms with E-state index in [0.717, 1.165) is 16.8 Å². The van der Waals surface area contributed by atoms with Gasteiger partial charge in [-0.1, -0.05) is 23.7 Å². The third-order valence-electron chi connectivity index (χ3n) is 2.18. The van der Waals surface area contributed by atoms with Crippen molar-refractivity contribution in [3.63, 3.8) is 0 Å². The van der Waals surface area contributed by atoms with Crippen LogP contribution in [-0.4, -0.2) is 4.98 Å². The van der Waals surface area contributed by atoms with E-state index < -0.39 is 0 Å². The van der Waals surface area contributed by atoms with Gasteiger partial charge < -0.3 is 0 Å². The molecule has 1 aromatic heterocycles. The molecule has 1 aromatic carbocycles. The van der Waals surface area contributed by atoms with Crippen molar-refractivity contribution in [1.82, 2.24) is 4.98 Å². The van der Waals surface area contributed by atoms with Gasteiger partial charge in [0.05, 0.1) is 10.7 Å². The number of halogens is 2. The van der Waals surface area contributed by atoms with E-state index in [1.807, 2.05) is 13.0 Å². The van der Waals surface area contributed by atoms with Crippen LogP contribution in [0.3, 0.4) is 0 Å². The minimum Gasteiger partial charge on any atom is -0.259 e. The third kappa shape index (κ3) is 2.16. The van der Waals surface area contributed by atoms with E-state index in [1.54, 1.807) is 18.3 Å². The molecular formula is C12H9ClFN. The fourth-order valence-corrected chi connectivity index (χ4v) is 1.50. The zero-order valence-corrected chi connectivity index (χ0v) is 8.92. The van der Waals surface area contributed by atoms with Gasteiger partial charge in [-0.15, -0.1) is 0 Å². The van der Waals surface area contributed by atoms with E-state index in [-0.39, 0.29) is 5.82 Å². The predicted molar refractivity (Wildman–Crippen MR) is 59.4 cm³/mol. The summed E-state index contributed by atoms with van der Waals surface area (Å²) in [4.78, 5) is 4.13. The molecule has 3 heteroatoms. The zero-order chi connectivity index (χ0) is 10.8. The standard InChI is InChI=1S/C12H9ClFN/c1-8-12(13)6-10(7-15-8)9-3-2-4-11(14)5-9/h2-7H,1H3. The van der Waals surface area contributed by atoms with Crippen molar-refractivity contribution in [2.24, 2.45) is 0 Å². The van der Waals surface area contributed by atoms with Crippen molar-refractivity contribution >= 4 is 11.6 Å². The Hall–Kier alpha value is -1.41. The van der Waals surface area contributed by atoms with E-state index in [2.05, 4.69) is 4.98 Å². The van der Waals surface area contributed by atoms with E-state index in [0.29, 0.717) is 5.02 Å². The summed E-state index contributed by atoms with van der Waals surface area (Å²) < 4.78 is 13.0. The fourth-order valence-electron chi connectivity index (χ4n) is 1.33. The predicted octanol–water partition coefficient (Wildman–Crippen LogP) is 3.85. The van der Waals surface area contributed by atoms with E-state index >= 15 is 0 Å². The molecular weight excluding hydrogens is 213 g/mol. The average molecular weight is 222 g/mol. The van der Waals surface area contributed by atoms with Crippen molar-refractivity contribution in [2.75, 3.05) is 0 Å². The highest BCUT2D eigenvalue weighted by Gasteiger charge is 2.02. The van der Waals surface area contributed by atoms with Gasteiger partial charge in [-0.25, -0.2) is 4.39 Å². The number of benzene rings is 1. The number of aryl methyl sites for hydroxylation is 1. The van der Waals surface area contributed by atoms with Gasteiger partial charge in [-0.05, 0) is 30.7 Å². The minimum absolute atomic E-state index is 0.260. The summed E-state index contributed by atoms with van der Waals surface area (Å²) in [5.74, 6) is -0.260. The molecule has 0 aliphatic heterocycles. The molecule has 1 nitrogen and oxygen atoms in total. The molecule has 0 aliphatic carbocycles. The van der Waals surface area contributed by atoms with Crippen LogP contribution in [0.15, 0.2) is 36.5 Å². The van der Waals surface area contributed by atoms with Gasteiger partial charge in [-0.3, -0.25) is 4.98 Å². The van der Waals surface area contributed by atoms with Gasteiger partial charge in [0.15, 0.2) is 0 Å². The molecule has 0 spiro atoms. The van der Waals surface area contributed by atoms with Crippen LogP contribution in [0, 0.1) is 12.7 Å². The molecule has 0 amide bonds. The summed E-state index contributed by atoms with van der Waals surface area (Å²) in [5, 5.41) is 0.594. The van der Waals surface area contributed by atoms with Crippen molar-refractivity contribution in [1.29, 1.82) is 0 Å². The Morgan fingerprint density at radius 3 is 2.67 bits per heavy atom. The molecule has 0 N–H and O–H groups in total. The Morgan fingerprint density at radius 2 is 2.00 bits per heavy atom. The molecule has 1 heterocycles. The summed E-state index contributed by atoms with van der Waals surface area (Å²) in [5.41, 5.74) is 2.38. The first-order chi connectivity index (χ1) is 7.16. The normalized spacial score (nSPS) is 10.3. The number of hydrogen-bond acceptors (Lipinski definition) is 1. The molecule has 0 fully saturated rings. The smallest absolute Gasteiger partial charge is 0.123 e. The second-order valence-corrected chi connectivity index (χ2v) is 3.71. The lowest BCUT2D eigenvalue weighted by Gasteiger charge is -2.03. The van der Waals surface area contributed by atoms with Crippen molar-refractivity contribution in [3.05, 3.63) is 53.1 Å². The van der Waals surface area contributed by atoms with Crippen LogP contribution in [0.2, 0.25) is 5.02 Å². The first-order valence-corrected chi connectivity index (χ1v) is 4.93. The van der Waals surface area contributed by atoms with Gasteiger partial charge in [-0.2, -0.15) is 0 Å². The van der Waals surface area contributed by atoms with Crippen LogP contribution in [0.5, 0.6) is 0 Å². The number of aromatic nitrogens is 1. The summed E-state index contributed by atoms with van der Waals surface area (Å²) in [6.07, 6.45) is 1.69. The molecule has 15 heavy (non-hydrogen) atoms. The maximum absolute atomic E-state index is 13.0. The van der Waals surface area contributed by atoms with Crippen LogP contribution < -0.4 is 0 Å². The summed E-state index contributed by atoms with van der Waals surface area (Å²) in [6, 6.07) is 8.15. The lowest BCUT2D eigenvalue weighted by atomic mass is 10.1. The second kappa shape index (κ2) is 3.99. The first-order valence-electron chi connectivity index (χ1n) is 4.55. The van der Waals surface area contributed by atoms with Crippen LogP contribution >= 0.6 is 11.6 Å². The molecule has 76 valence electrons. The fraction of sp³-hybridized carbons (Fsp3) is 0.0833. The summed E-state index contributed by atoms with van der Waals surface area (Å²) in [6.45, 7) is 1.83. The monoisotopic (exact) mass is 221 g/mol. The Balaban J connectivity index is 2.50. The van der Waals surface area contributed by atoms with E-state index in [9.17, 15) is 4.39 Å². The quantitative estimate of drug-likeness (QED) is 0.713. The van der Waals surface area contributed by atoms with Gasteiger partial charge in [0.25, 0.3) is 0 Å². The Labute approximate surface area is 92.5 Å². The molecule has 2 rings (SSSR count). The molecule has 0 atom stereocenters. The van der Waals surface area contributed by atoms with Gasteiger partial charge in [0, 0.05) is 11.8 Å². The van der Waals surface area contributed by atoms with Crippen LogP contribution in [0.1, 0.15) is 5.69 Å². The third-order valence-corrected chi connectivity index (χ3v) is 2.57. The largest absolute Gasteiger partial charge is 0.259 e. The van der Waals surface area contributed by atoms with Crippen LogP contribution in [0.25, 0.3) is 11.1 Å². The van der Waals surface area contributed by atoms with Crippen molar-refractivity contribution in [3.8, 4) is 11.1 Å². The second-order valence-electron chi connectivity index (χ2n) is 3.30. The molecule has 2 aromatic rings. The molecule has 0 aliphatic rings. The minimum atomic E-state index is -0.260. The molecule has 0 saturated heterocycles. The number of rotatable bonds is 1. The number of nitrogens with zero attached hydrogens (tertiary/aromatic N) is 1. The Bertz CT molecular complexity index is 497. The van der Waals surface area contributed by atoms with Crippen LogP contribution in [-0.2, 0) is 0 Å². The highest BCUT2D eigenvalue weighted by atomic mass is 35.5.